The monoisotopic (exact) mass is 409 g/mol. The highest BCUT2D eigenvalue weighted by molar-refractivity contribution is 6.02. The van der Waals surface area contributed by atoms with E-state index in [-0.39, 0.29) is 23.2 Å². The first-order valence-corrected chi connectivity index (χ1v) is 10.1. The normalized spacial score (nSPS) is 17.1. The van der Waals surface area contributed by atoms with Gasteiger partial charge in [-0.3, -0.25) is 14.0 Å². The van der Waals surface area contributed by atoms with E-state index in [1.165, 1.54) is 17.6 Å². The number of nitrogens with one attached hydrogen (secondary N) is 1. The molecule has 1 aliphatic rings. The summed E-state index contributed by atoms with van der Waals surface area (Å²) < 4.78 is 6.39. The van der Waals surface area contributed by atoms with Crippen LogP contribution in [0.1, 0.15) is 30.9 Å². The second kappa shape index (κ2) is 9.55. The van der Waals surface area contributed by atoms with Gasteiger partial charge in [0.25, 0.3) is 11.5 Å². The average molecular weight is 409 g/mol. The minimum atomic E-state index is -0.541. The lowest BCUT2D eigenvalue weighted by Crippen LogP contribution is -2.37. The van der Waals surface area contributed by atoms with E-state index in [1.54, 1.807) is 12.3 Å². The lowest BCUT2D eigenvalue weighted by atomic mass is 10.00. The lowest BCUT2D eigenvalue weighted by Gasteiger charge is -2.32. The van der Waals surface area contributed by atoms with Gasteiger partial charge in [0.2, 0.25) is 0 Å². The molecule has 0 saturated carbocycles. The molecule has 1 saturated heterocycles. The van der Waals surface area contributed by atoms with Crippen molar-refractivity contribution in [2.24, 2.45) is 5.92 Å². The smallest absolute Gasteiger partial charge is 0.267 e. The zero-order valence-corrected chi connectivity index (χ0v) is 17.6. The second-order valence-corrected chi connectivity index (χ2v) is 7.65. The molecule has 2 aromatic rings. The number of ether oxygens (including phenoxy) is 1. The fourth-order valence-corrected chi connectivity index (χ4v) is 3.70. The Bertz CT molecular complexity index is 1070. The summed E-state index contributed by atoms with van der Waals surface area (Å²) in [5.41, 5.74) is 1.29. The number of aryl methyl sites for hydroxylation is 1. The molecule has 0 aliphatic carbocycles. The minimum Gasteiger partial charge on any atom is -0.383 e. The number of fused-ring (bicyclic) bond motifs is 1. The van der Waals surface area contributed by atoms with Crippen molar-refractivity contribution in [2.75, 3.05) is 38.3 Å². The molecule has 0 unspecified atom stereocenters. The number of aromatic nitrogens is 2. The van der Waals surface area contributed by atoms with E-state index in [9.17, 15) is 14.9 Å². The van der Waals surface area contributed by atoms with Gasteiger partial charge in [0.15, 0.2) is 0 Å². The van der Waals surface area contributed by atoms with Crippen LogP contribution in [0.5, 0.6) is 0 Å². The lowest BCUT2D eigenvalue weighted by molar-refractivity contribution is -0.117. The molecule has 3 heterocycles. The summed E-state index contributed by atoms with van der Waals surface area (Å²) in [6.45, 7) is 6.24. The van der Waals surface area contributed by atoms with Crippen LogP contribution in [-0.4, -0.2) is 48.6 Å². The van der Waals surface area contributed by atoms with Gasteiger partial charge >= 0.3 is 0 Å². The highest BCUT2D eigenvalue weighted by atomic mass is 16.5. The standard InChI is InChI=1S/C22H27N5O3/c1-15-6-4-9-26(14-15)20-18(12-17(13-23)21(28)24-8-11-30-3)22(29)27-10-5-7-16(2)19(27)25-20/h5,7,10,12,15H,4,6,8-9,11,14H2,1-3H3,(H,24,28)/b17-12+/t15-/m1/s1. The third kappa shape index (κ3) is 4.52. The number of nitriles is 1. The second-order valence-electron chi connectivity index (χ2n) is 7.65. The molecule has 3 rings (SSSR count). The Morgan fingerprint density at radius 3 is 3.00 bits per heavy atom. The number of hydrogen-bond acceptors (Lipinski definition) is 6. The van der Waals surface area contributed by atoms with Crippen molar-refractivity contribution >= 4 is 23.4 Å². The third-order valence-electron chi connectivity index (χ3n) is 5.27. The number of carbonyl (C=O) groups excluding carboxylic acids is 1. The first kappa shape index (κ1) is 21.5. The number of rotatable bonds is 6. The van der Waals surface area contributed by atoms with E-state index in [0.29, 0.717) is 24.0 Å². The minimum absolute atomic E-state index is 0.135. The number of pyridine rings is 1. The molecule has 8 heteroatoms. The van der Waals surface area contributed by atoms with Gasteiger partial charge < -0.3 is 15.0 Å². The molecule has 0 bridgehead atoms. The molecule has 0 radical (unpaired) electrons. The van der Waals surface area contributed by atoms with Crippen molar-refractivity contribution in [1.29, 1.82) is 5.26 Å². The maximum atomic E-state index is 13.4. The Balaban J connectivity index is 2.15. The van der Waals surface area contributed by atoms with E-state index in [1.807, 2.05) is 19.1 Å². The number of carbonyl (C=O) groups is 1. The van der Waals surface area contributed by atoms with E-state index in [0.717, 1.165) is 31.5 Å². The maximum absolute atomic E-state index is 13.4. The van der Waals surface area contributed by atoms with E-state index in [4.69, 9.17) is 9.72 Å². The summed E-state index contributed by atoms with van der Waals surface area (Å²) in [6.07, 6.45) is 5.14. The molecule has 1 N–H and O–H groups in total. The van der Waals surface area contributed by atoms with E-state index in [2.05, 4.69) is 17.1 Å². The van der Waals surface area contributed by atoms with Gasteiger partial charge in [-0.05, 0) is 43.4 Å². The molecule has 1 atom stereocenters. The van der Waals surface area contributed by atoms with Crippen molar-refractivity contribution in [2.45, 2.75) is 26.7 Å². The van der Waals surface area contributed by atoms with Crippen LogP contribution in [0.2, 0.25) is 0 Å². The predicted molar refractivity (Wildman–Crippen MR) is 115 cm³/mol. The number of methoxy groups -OCH3 is 1. The molecule has 0 spiro atoms. The first-order chi connectivity index (χ1) is 14.5. The number of piperidine rings is 1. The Morgan fingerprint density at radius 2 is 2.30 bits per heavy atom. The highest BCUT2D eigenvalue weighted by Crippen LogP contribution is 2.25. The fourth-order valence-electron chi connectivity index (χ4n) is 3.70. The Labute approximate surface area is 175 Å². The molecule has 0 aromatic carbocycles. The van der Waals surface area contributed by atoms with Gasteiger partial charge in [0, 0.05) is 32.9 Å². The SMILES string of the molecule is COCCNC(=O)/C(C#N)=C/c1c(N2CCC[C@@H](C)C2)nc2c(C)cccn2c1=O. The van der Waals surface area contributed by atoms with Crippen LogP contribution in [0, 0.1) is 24.2 Å². The zero-order chi connectivity index (χ0) is 21.7. The van der Waals surface area contributed by atoms with Crippen molar-refractivity contribution in [3.63, 3.8) is 0 Å². The van der Waals surface area contributed by atoms with Crippen LogP contribution in [0.4, 0.5) is 5.82 Å². The summed E-state index contributed by atoms with van der Waals surface area (Å²) in [5.74, 6) is 0.458. The third-order valence-corrected chi connectivity index (χ3v) is 5.27. The van der Waals surface area contributed by atoms with Crippen molar-refractivity contribution in [1.82, 2.24) is 14.7 Å². The number of hydrogen-bond donors (Lipinski definition) is 1. The quantitative estimate of drug-likeness (QED) is 0.444. The summed E-state index contributed by atoms with van der Waals surface area (Å²) in [5, 5.41) is 12.2. The molecule has 30 heavy (non-hydrogen) atoms. The van der Waals surface area contributed by atoms with E-state index >= 15 is 0 Å². The molecule has 1 aliphatic heterocycles. The van der Waals surface area contributed by atoms with Crippen molar-refractivity contribution in [3.8, 4) is 6.07 Å². The average Bonchev–Trinajstić information content (AvgIpc) is 2.73. The molecular weight excluding hydrogens is 382 g/mol. The van der Waals surface area contributed by atoms with Gasteiger partial charge in [0.05, 0.1) is 12.2 Å². The van der Waals surface area contributed by atoms with Crippen LogP contribution in [0.3, 0.4) is 0 Å². The maximum Gasteiger partial charge on any atom is 0.267 e. The van der Waals surface area contributed by atoms with Crippen molar-refractivity contribution in [3.05, 3.63) is 45.4 Å². The van der Waals surface area contributed by atoms with Gasteiger partial charge in [-0.1, -0.05) is 13.0 Å². The highest BCUT2D eigenvalue weighted by Gasteiger charge is 2.23. The topological polar surface area (TPSA) is 99.7 Å². The molecular formula is C22H27N5O3. The van der Waals surface area contributed by atoms with Gasteiger partial charge in [-0.15, -0.1) is 0 Å². The number of anilines is 1. The summed E-state index contributed by atoms with van der Waals surface area (Å²) >= 11 is 0. The number of nitrogens with zero attached hydrogens (tertiary/aromatic N) is 4. The van der Waals surface area contributed by atoms with E-state index < -0.39 is 5.91 Å². The number of amides is 1. The molecule has 1 amide bonds. The van der Waals surface area contributed by atoms with Gasteiger partial charge in [-0.25, -0.2) is 4.98 Å². The van der Waals surface area contributed by atoms with Gasteiger partial charge in [0.1, 0.15) is 23.1 Å². The zero-order valence-electron chi connectivity index (χ0n) is 17.6. The summed E-state index contributed by atoms with van der Waals surface area (Å²) in [7, 11) is 1.53. The largest absolute Gasteiger partial charge is 0.383 e. The Kier molecular flexibility index (Phi) is 6.85. The van der Waals surface area contributed by atoms with Crippen molar-refractivity contribution < 1.29 is 9.53 Å². The molecule has 8 nitrogen and oxygen atoms in total. The molecule has 1 fully saturated rings. The van der Waals surface area contributed by atoms with Crippen LogP contribution in [-0.2, 0) is 9.53 Å². The van der Waals surface area contributed by atoms with Crippen LogP contribution in [0.25, 0.3) is 11.7 Å². The fraction of sp³-hybridized carbons (Fsp3) is 0.455. The molecule has 2 aromatic heterocycles. The summed E-state index contributed by atoms with van der Waals surface area (Å²) in [4.78, 5) is 32.7. The van der Waals surface area contributed by atoms with Crippen LogP contribution < -0.4 is 15.8 Å². The Hall–Kier alpha value is -3.18. The van der Waals surface area contributed by atoms with Crippen LogP contribution >= 0.6 is 0 Å². The van der Waals surface area contributed by atoms with Gasteiger partial charge in [-0.2, -0.15) is 5.26 Å². The Morgan fingerprint density at radius 1 is 1.50 bits per heavy atom. The van der Waals surface area contributed by atoms with Crippen LogP contribution in [0.15, 0.2) is 28.7 Å². The first-order valence-electron chi connectivity index (χ1n) is 10.1. The molecule has 158 valence electrons. The predicted octanol–water partition coefficient (Wildman–Crippen LogP) is 1.91. The summed E-state index contributed by atoms with van der Waals surface area (Å²) in [6, 6.07) is 5.61.